The van der Waals surface area contributed by atoms with Gasteiger partial charge in [0.2, 0.25) is 10.0 Å². The molecular weight excluding hydrogens is 366 g/mol. The minimum absolute atomic E-state index is 0. The number of amides is 1. The van der Waals surface area contributed by atoms with Gasteiger partial charge in [-0.05, 0) is 38.0 Å². The lowest BCUT2D eigenvalue weighted by Crippen LogP contribution is -2.38. The lowest BCUT2D eigenvalue weighted by Gasteiger charge is -2.16. The van der Waals surface area contributed by atoms with E-state index in [1.807, 2.05) is 0 Å². The van der Waals surface area contributed by atoms with E-state index in [-0.39, 0.29) is 46.6 Å². The summed E-state index contributed by atoms with van der Waals surface area (Å²) in [5.74, 6) is -0.156. The van der Waals surface area contributed by atoms with Crippen LogP contribution < -0.4 is 20.5 Å². The van der Waals surface area contributed by atoms with E-state index in [0.717, 1.165) is 25.7 Å². The van der Waals surface area contributed by atoms with E-state index < -0.39 is 10.0 Å². The largest absolute Gasteiger partial charge is 0.495 e. The van der Waals surface area contributed by atoms with Crippen LogP contribution in [0.5, 0.6) is 5.75 Å². The van der Waals surface area contributed by atoms with Crippen LogP contribution in [0.15, 0.2) is 23.1 Å². The van der Waals surface area contributed by atoms with Crippen LogP contribution in [0.3, 0.4) is 0 Å². The molecule has 0 saturated heterocycles. The van der Waals surface area contributed by atoms with Gasteiger partial charge in [-0.3, -0.25) is 4.79 Å². The number of halogens is 1. The SMILES string of the molecule is COc1ccc(C(=O)N[C@@H](C)CN)cc1S(=O)(=O)NC1CCCC1.Cl. The molecule has 1 atom stereocenters. The van der Waals surface area contributed by atoms with Gasteiger partial charge < -0.3 is 15.8 Å². The van der Waals surface area contributed by atoms with Gasteiger partial charge in [0, 0.05) is 24.2 Å². The topological polar surface area (TPSA) is 111 Å². The molecule has 0 bridgehead atoms. The maximum absolute atomic E-state index is 12.7. The summed E-state index contributed by atoms with van der Waals surface area (Å²) in [6, 6.07) is 4.11. The Morgan fingerprint density at radius 2 is 2.00 bits per heavy atom. The van der Waals surface area contributed by atoms with Gasteiger partial charge in [0.15, 0.2) is 0 Å². The van der Waals surface area contributed by atoms with Gasteiger partial charge in [-0.15, -0.1) is 12.4 Å². The lowest BCUT2D eigenvalue weighted by atomic mass is 10.2. The molecule has 1 aliphatic carbocycles. The van der Waals surface area contributed by atoms with E-state index in [2.05, 4.69) is 10.0 Å². The fourth-order valence-corrected chi connectivity index (χ4v) is 4.22. The number of nitrogens with two attached hydrogens (primary N) is 1. The van der Waals surface area contributed by atoms with Crippen molar-refractivity contribution in [3.05, 3.63) is 23.8 Å². The quantitative estimate of drug-likeness (QED) is 0.650. The Bertz CT molecular complexity index is 691. The number of carbonyl (C=O) groups is 1. The summed E-state index contributed by atoms with van der Waals surface area (Å²) in [5, 5.41) is 2.72. The lowest BCUT2D eigenvalue weighted by molar-refractivity contribution is 0.0941. The van der Waals surface area contributed by atoms with Crippen LogP contribution in [-0.4, -0.2) is 40.1 Å². The highest BCUT2D eigenvalue weighted by molar-refractivity contribution is 7.89. The van der Waals surface area contributed by atoms with Crippen molar-refractivity contribution in [2.45, 2.75) is 49.6 Å². The van der Waals surface area contributed by atoms with Crippen LogP contribution in [0.4, 0.5) is 0 Å². The minimum Gasteiger partial charge on any atom is -0.495 e. The Morgan fingerprint density at radius 3 is 2.56 bits per heavy atom. The highest BCUT2D eigenvalue weighted by Crippen LogP contribution is 2.27. The van der Waals surface area contributed by atoms with Crippen LogP contribution in [0.1, 0.15) is 43.0 Å². The summed E-state index contributed by atoms with van der Waals surface area (Å²) in [6.07, 6.45) is 3.69. The number of sulfonamides is 1. The van der Waals surface area contributed by atoms with E-state index in [0.29, 0.717) is 6.54 Å². The number of hydrogen-bond donors (Lipinski definition) is 3. The zero-order chi connectivity index (χ0) is 17.7. The molecule has 0 heterocycles. The second kappa shape index (κ2) is 9.38. The number of methoxy groups -OCH3 is 1. The second-order valence-electron chi connectivity index (χ2n) is 6.08. The van der Waals surface area contributed by atoms with Crippen molar-refractivity contribution in [3.8, 4) is 5.75 Å². The Kier molecular flexibility index (Phi) is 8.14. The zero-order valence-corrected chi connectivity index (χ0v) is 16.1. The monoisotopic (exact) mass is 391 g/mol. The number of nitrogens with one attached hydrogen (secondary N) is 2. The molecule has 2 rings (SSSR count). The minimum atomic E-state index is -3.76. The molecule has 1 aromatic rings. The van der Waals surface area contributed by atoms with E-state index in [1.165, 1.54) is 25.3 Å². The molecule has 1 saturated carbocycles. The molecule has 142 valence electrons. The van der Waals surface area contributed by atoms with Crippen molar-refractivity contribution in [2.75, 3.05) is 13.7 Å². The normalized spacial score (nSPS) is 16.1. The Morgan fingerprint density at radius 1 is 1.36 bits per heavy atom. The number of hydrogen-bond acceptors (Lipinski definition) is 5. The van der Waals surface area contributed by atoms with E-state index in [1.54, 1.807) is 6.92 Å². The molecule has 9 heteroatoms. The van der Waals surface area contributed by atoms with Crippen LogP contribution >= 0.6 is 12.4 Å². The summed E-state index contributed by atoms with van der Waals surface area (Å²) in [4.78, 5) is 12.2. The fraction of sp³-hybridized carbons (Fsp3) is 0.562. The van der Waals surface area contributed by atoms with Gasteiger partial charge in [0.1, 0.15) is 10.6 Å². The first-order chi connectivity index (χ1) is 11.4. The molecule has 1 fully saturated rings. The third-order valence-corrected chi connectivity index (χ3v) is 5.67. The predicted molar refractivity (Wildman–Crippen MR) is 98.8 cm³/mol. The number of rotatable bonds is 7. The van der Waals surface area contributed by atoms with Crippen LogP contribution in [-0.2, 0) is 10.0 Å². The number of carbonyl (C=O) groups excluding carboxylic acids is 1. The highest BCUT2D eigenvalue weighted by atomic mass is 35.5. The van der Waals surface area contributed by atoms with E-state index in [9.17, 15) is 13.2 Å². The van der Waals surface area contributed by atoms with Crippen LogP contribution in [0.25, 0.3) is 0 Å². The van der Waals surface area contributed by atoms with Gasteiger partial charge in [-0.25, -0.2) is 13.1 Å². The smallest absolute Gasteiger partial charge is 0.251 e. The molecular formula is C16H26ClN3O4S. The highest BCUT2D eigenvalue weighted by Gasteiger charge is 2.26. The summed E-state index contributed by atoms with van der Waals surface area (Å²) in [6.45, 7) is 2.08. The standard InChI is InChI=1S/C16H25N3O4S.ClH/c1-11(10-17)18-16(20)12-7-8-14(23-2)15(9-12)24(21,22)19-13-5-3-4-6-13;/h7-9,11,13,19H,3-6,10,17H2,1-2H3,(H,18,20);1H/t11-;/m0./s1. The first-order valence-corrected chi connectivity index (χ1v) is 9.57. The Balaban J connectivity index is 0.00000312. The Labute approximate surface area is 155 Å². The number of ether oxygens (including phenoxy) is 1. The third kappa shape index (κ3) is 5.57. The first kappa shape index (κ1) is 21.7. The van der Waals surface area contributed by atoms with E-state index >= 15 is 0 Å². The molecule has 0 aliphatic heterocycles. The van der Waals surface area contributed by atoms with Crippen molar-refractivity contribution in [3.63, 3.8) is 0 Å². The van der Waals surface area contributed by atoms with Crippen molar-refractivity contribution in [1.29, 1.82) is 0 Å². The average Bonchev–Trinajstić information content (AvgIpc) is 3.06. The second-order valence-corrected chi connectivity index (χ2v) is 7.76. The summed E-state index contributed by atoms with van der Waals surface area (Å²) in [7, 11) is -2.35. The molecule has 1 aliphatic rings. The molecule has 1 aromatic carbocycles. The third-order valence-electron chi connectivity index (χ3n) is 4.12. The molecule has 4 N–H and O–H groups in total. The zero-order valence-electron chi connectivity index (χ0n) is 14.4. The fourth-order valence-electron chi connectivity index (χ4n) is 2.72. The van der Waals surface area contributed by atoms with Crippen LogP contribution in [0, 0.1) is 0 Å². The summed E-state index contributed by atoms with van der Waals surface area (Å²) >= 11 is 0. The van der Waals surface area contributed by atoms with Crippen molar-refractivity contribution in [2.24, 2.45) is 5.73 Å². The van der Waals surface area contributed by atoms with E-state index in [4.69, 9.17) is 10.5 Å². The molecule has 0 aromatic heterocycles. The van der Waals surface area contributed by atoms with Crippen molar-refractivity contribution < 1.29 is 17.9 Å². The molecule has 0 radical (unpaired) electrons. The van der Waals surface area contributed by atoms with Gasteiger partial charge in [-0.2, -0.15) is 0 Å². The van der Waals surface area contributed by atoms with Crippen molar-refractivity contribution >= 4 is 28.3 Å². The summed E-state index contributed by atoms with van der Waals surface area (Å²) < 4.78 is 33.2. The predicted octanol–water partition coefficient (Wildman–Crippen LogP) is 1.41. The van der Waals surface area contributed by atoms with Gasteiger partial charge >= 0.3 is 0 Å². The maximum Gasteiger partial charge on any atom is 0.251 e. The van der Waals surface area contributed by atoms with Crippen LogP contribution in [0.2, 0.25) is 0 Å². The van der Waals surface area contributed by atoms with Gasteiger partial charge in [0.25, 0.3) is 5.91 Å². The maximum atomic E-state index is 12.7. The first-order valence-electron chi connectivity index (χ1n) is 8.08. The average molecular weight is 392 g/mol. The molecule has 7 nitrogen and oxygen atoms in total. The number of benzene rings is 1. The molecule has 1 amide bonds. The molecule has 0 spiro atoms. The summed E-state index contributed by atoms with van der Waals surface area (Å²) in [5.41, 5.74) is 5.75. The molecule has 0 unspecified atom stereocenters. The molecule has 25 heavy (non-hydrogen) atoms. The Hall–Kier alpha value is -1.35. The van der Waals surface area contributed by atoms with Gasteiger partial charge in [-0.1, -0.05) is 12.8 Å². The van der Waals surface area contributed by atoms with Gasteiger partial charge in [0.05, 0.1) is 7.11 Å². The van der Waals surface area contributed by atoms with Crippen molar-refractivity contribution in [1.82, 2.24) is 10.0 Å².